The molecule has 0 radical (unpaired) electrons. The number of amides is 1. The van der Waals surface area contributed by atoms with Crippen molar-refractivity contribution in [3.8, 4) is 5.69 Å². The van der Waals surface area contributed by atoms with Crippen LogP contribution in [0.2, 0.25) is 0 Å². The Morgan fingerprint density at radius 3 is 2.52 bits per heavy atom. The van der Waals surface area contributed by atoms with Crippen LogP contribution in [0.15, 0.2) is 43.0 Å². The average molecular weight is 357 g/mol. The maximum Gasteiger partial charge on any atom is 0.254 e. The van der Waals surface area contributed by atoms with E-state index >= 15 is 0 Å². The molecule has 2 unspecified atom stereocenters. The average Bonchev–Trinajstić information content (AvgIpc) is 3.04. The van der Waals surface area contributed by atoms with Crippen LogP contribution in [0.25, 0.3) is 5.69 Å². The maximum atomic E-state index is 12.6. The smallest absolute Gasteiger partial charge is 0.254 e. The van der Waals surface area contributed by atoms with Crippen LogP contribution in [0.1, 0.15) is 24.2 Å². The van der Waals surface area contributed by atoms with Crippen LogP contribution in [0, 0.1) is 0 Å². The molecule has 1 aliphatic heterocycles. The first-order chi connectivity index (χ1) is 10.2. The van der Waals surface area contributed by atoms with E-state index in [-0.39, 0.29) is 36.8 Å². The zero-order valence-corrected chi connectivity index (χ0v) is 14.8. The monoisotopic (exact) mass is 356 g/mol. The Balaban J connectivity index is 0.00000132. The van der Waals surface area contributed by atoms with E-state index in [4.69, 9.17) is 0 Å². The van der Waals surface area contributed by atoms with Crippen LogP contribution in [-0.2, 0) is 0 Å². The molecule has 126 valence electrons. The summed E-state index contributed by atoms with van der Waals surface area (Å²) < 4.78 is 1.92. The number of rotatable bonds is 2. The van der Waals surface area contributed by atoms with Crippen molar-refractivity contribution in [2.24, 2.45) is 0 Å². The third-order valence-electron chi connectivity index (χ3n) is 4.21. The first kappa shape index (κ1) is 19.5. The standard InChI is InChI=1S/C16H20N4O.2ClH/c1-12-13(2)20(10-8-18-12)16(21)14-3-5-15(6-4-14)19-9-7-17-11-19;;/h3-7,9,11-13,18H,8,10H2,1-2H3;2*1H. The molecule has 0 spiro atoms. The topological polar surface area (TPSA) is 50.2 Å². The fourth-order valence-electron chi connectivity index (χ4n) is 2.70. The van der Waals surface area contributed by atoms with Crippen molar-refractivity contribution < 1.29 is 4.79 Å². The summed E-state index contributed by atoms with van der Waals surface area (Å²) in [5, 5.41) is 3.39. The number of benzene rings is 1. The highest BCUT2D eigenvalue weighted by atomic mass is 35.5. The van der Waals surface area contributed by atoms with E-state index < -0.39 is 0 Å². The quantitative estimate of drug-likeness (QED) is 0.899. The molecule has 1 fully saturated rings. The fraction of sp³-hybridized carbons (Fsp3) is 0.375. The molecule has 1 N–H and O–H groups in total. The number of carbonyl (C=O) groups is 1. The van der Waals surface area contributed by atoms with Gasteiger partial charge in [0.15, 0.2) is 0 Å². The lowest BCUT2D eigenvalue weighted by Gasteiger charge is -2.38. The van der Waals surface area contributed by atoms with E-state index in [1.807, 2.05) is 39.9 Å². The minimum Gasteiger partial charge on any atom is -0.333 e. The lowest BCUT2D eigenvalue weighted by molar-refractivity contribution is 0.0603. The summed E-state index contributed by atoms with van der Waals surface area (Å²) in [6.45, 7) is 5.82. The second-order valence-electron chi connectivity index (χ2n) is 5.50. The van der Waals surface area contributed by atoms with Crippen molar-refractivity contribution in [3.63, 3.8) is 0 Å². The zero-order chi connectivity index (χ0) is 14.8. The number of nitrogens with one attached hydrogen (secondary N) is 1. The molecule has 1 aromatic heterocycles. The van der Waals surface area contributed by atoms with Crippen LogP contribution in [0.4, 0.5) is 0 Å². The molecule has 1 amide bonds. The van der Waals surface area contributed by atoms with E-state index in [1.165, 1.54) is 0 Å². The van der Waals surface area contributed by atoms with Crippen LogP contribution in [0.3, 0.4) is 0 Å². The van der Waals surface area contributed by atoms with Crippen molar-refractivity contribution in [3.05, 3.63) is 48.5 Å². The summed E-state index contributed by atoms with van der Waals surface area (Å²) in [7, 11) is 0. The predicted octanol–water partition coefficient (Wildman–Crippen LogP) is 2.54. The van der Waals surface area contributed by atoms with E-state index in [0.29, 0.717) is 6.04 Å². The number of carbonyl (C=O) groups excluding carboxylic acids is 1. The summed E-state index contributed by atoms with van der Waals surface area (Å²) in [5.74, 6) is 0.105. The van der Waals surface area contributed by atoms with Gasteiger partial charge < -0.3 is 14.8 Å². The largest absolute Gasteiger partial charge is 0.333 e. The van der Waals surface area contributed by atoms with Gasteiger partial charge in [-0.3, -0.25) is 4.79 Å². The van der Waals surface area contributed by atoms with Crippen molar-refractivity contribution in [2.75, 3.05) is 13.1 Å². The lowest BCUT2D eigenvalue weighted by Crippen LogP contribution is -2.57. The molecule has 0 bridgehead atoms. The maximum absolute atomic E-state index is 12.6. The molecule has 2 atom stereocenters. The molecule has 5 nitrogen and oxygen atoms in total. The van der Waals surface area contributed by atoms with Gasteiger partial charge in [-0.25, -0.2) is 4.98 Å². The highest BCUT2D eigenvalue weighted by Gasteiger charge is 2.28. The Morgan fingerprint density at radius 2 is 1.91 bits per heavy atom. The predicted molar refractivity (Wildman–Crippen MR) is 96.0 cm³/mol. The molecule has 2 heterocycles. The Kier molecular flexibility index (Phi) is 7.06. The summed E-state index contributed by atoms with van der Waals surface area (Å²) in [6.07, 6.45) is 5.37. The van der Waals surface area contributed by atoms with Gasteiger partial charge in [0.05, 0.1) is 6.33 Å². The molecule has 1 aromatic carbocycles. The van der Waals surface area contributed by atoms with E-state index in [1.54, 1.807) is 12.5 Å². The lowest BCUT2D eigenvalue weighted by atomic mass is 10.1. The minimum atomic E-state index is 0. The Hall–Kier alpha value is -1.56. The number of piperazine rings is 1. The Morgan fingerprint density at radius 1 is 1.22 bits per heavy atom. The van der Waals surface area contributed by atoms with E-state index in [2.05, 4.69) is 24.1 Å². The molecule has 1 aliphatic rings. The normalized spacial score (nSPS) is 20.3. The SMILES string of the molecule is CC1NCCN(C(=O)c2ccc(-n3ccnc3)cc2)C1C.Cl.Cl. The van der Waals surface area contributed by atoms with Gasteiger partial charge in [0, 0.05) is 48.8 Å². The van der Waals surface area contributed by atoms with Gasteiger partial charge in [-0.05, 0) is 38.1 Å². The molecular formula is C16H22Cl2N4O. The van der Waals surface area contributed by atoms with Crippen molar-refractivity contribution in [1.82, 2.24) is 19.8 Å². The molecule has 0 aliphatic carbocycles. The van der Waals surface area contributed by atoms with Crippen LogP contribution < -0.4 is 5.32 Å². The summed E-state index contributed by atoms with van der Waals surface area (Å²) in [6, 6.07) is 8.21. The summed E-state index contributed by atoms with van der Waals surface area (Å²) in [5.41, 5.74) is 1.74. The van der Waals surface area contributed by atoms with Crippen molar-refractivity contribution in [1.29, 1.82) is 0 Å². The molecular weight excluding hydrogens is 335 g/mol. The fourth-order valence-corrected chi connectivity index (χ4v) is 2.70. The third-order valence-corrected chi connectivity index (χ3v) is 4.21. The second-order valence-corrected chi connectivity index (χ2v) is 5.50. The van der Waals surface area contributed by atoms with Crippen LogP contribution in [0.5, 0.6) is 0 Å². The Labute approximate surface area is 148 Å². The second kappa shape index (κ2) is 8.34. The number of nitrogens with zero attached hydrogens (tertiary/aromatic N) is 3. The molecule has 1 saturated heterocycles. The van der Waals surface area contributed by atoms with Gasteiger partial charge in [-0.15, -0.1) is 24.8 Å². The summed E-state index contributed by atoms with van der Waals surface area (Å²) >= 11 is 0. The van der Waals surface area contributed by atoms with Crippen molar-refractivity contribution in [2.45, 2.75) is 25.9 Å². The molecule has 0 saturated carbocycles. The number of hydrogen-bond acceptors (Lipinski definition) is 3. The number of halogens is 2. The number of imidazole rings is 1. The highest BCUT2D eigenvalue weighted by Crippen LogP contribution is 2.15. The van der Waals surface area contributed by atoms with Crippen LogP contribution >= 0.6 is 24.8 Å². The first-order valence-corrected chi connectivity index (χ1v) is 7.29. The minimum absolute atomic E-state index is 0. The van der Waals surface area contributed by atoms with Crippen molar-refractivity contribution >= 4 is 30.7 Å². The first-order valence-electron chi connectivity index (χ1n) is 7.29. The molecule has 23 heavy (non-hydrogen) atoms. The van der Waals surface area contributed by atoms with Gasteiger partial charge in [0.1, 0.15) is 0 Å². The van der Waals surface area contributed by atoms with E-state index in [9.17, 15) is 4.79 Å². The van der Waals surface area contributed by atoms with Gasteiger partial charge in [0.25, 0.3) is 5.91 Å². The molecule has 3 rings (SSSR count). The number of aromatic nitrogens is 2. The van der Waals surface area contributed by atoms with Gasteiger partial charge in [0.2, 0.25) is 0 Å². The number of hydrogen-bond donors (Lipinski definition) is 1. The molecule has 2 aromatic rings. The molecule has 7 heteroatoms. The highest BCUT2D eigenvalue weighted by molar-refractivity contribution is 5.94. The summed E-state index contributed by atoms with van der Waals surface area (Å²) in [4.78, 5) is 18.6. The zero-order valence-electron chi connectivity index (χ0n) is 13.2. The van der Waals surface area contributed by atoms with E-state index in [0.717, 1.165) is 24.3 Å². The van der Waals surface area contributed by atoms with Gasteiger partial charge >= 0.3 is 0 Å². The third kappa shape index (κ3) is 4.05. The van der Waals surface area contributed by atoms with Gasteiger partial charge in [-0.2, -0.15) is 0 Å². The Bertz CT molecular complexity index is 616. The van der Waals surface area contributed by atoms with Crippen LogP contribution in [-0.4, -0.2) is 45.5 Å². The van der Waals surface area contributed by atoms with Gasteiger partial charge in [-0.1, -0.05) is 0 Å².